The summed E-state index contributed by atoms with van der Waals surface area (Å²) in [5.74, 6) is -0.287. The molecule has 0 amide bonds. The quantitative estimate of drug-likeness (QED) is 0.857. The van der Waals surface area contributed by atoms with E-state index in [2.05, 4.69) is 4.98 Å². The van der Waals surface area contributed by atoms with Crippen LogP contribution >= 0.6 is 0 Å². The molecule has 1 heterocycles. The Morgan fingerprint density at radius 3 is 2.69 bits per heavy atom. The third-order valence-corrected chi connectivity index (χ3v) is 2.47. The molecule has 0 aliphatic heterocycles. The number of imidazole rings is 1. The van der Waals surface area contributed by atoms with Gasteiger partial charge in [0.2, 0.25) is 0 Å². The van der Waals surface area contributed by atoms with Crippen molar-refractivity contribution in [2.45, 2.75) is 19.1 Å². The summed E-state index contributed by atoms with van der Waals surface area (Å²) in [6.07, 6.45) is 5.27. The summed E-state index contributed by atoms with van der Waals surface area (Å²) in [6.45, 7) is 0.693. The summed E-state index contributed by atoms with van der Waals surface area (Å²) in [4.78, 5) is 3.92. The van der Waals surface area contributed by atoms with Gasteiger partial charge >= 0.3 is 0 Å². The van der Waals surface area contributed by atoms with Crippen molar-refractivity contribution in [3.8, 4) is 0 Å². The van der Waals surface area contributed by atoms with E-state index in [9.17, 15) is 9.50 Å². The second-order valence-corrected chi connectivity index (χ2v) is 3.66. The van der Waals surface area contributed by atoms with Crippen LogP contribution in [0.15, 0.2) is 43.0 Å². The van der Waals surface area contributed by atoms with Crippen molar-refractivity contribution in [2.75, 3.05) is 0 Å². The van der Waals surface area contributed by atoms with Crippen LogP contribution in [-0.2, 0) is 6.54 Å². The summed E-state index contributed by atoms with van der Waals surface area (Å²) >= 11 is 0. The predicted molar refractivity (Wildman–Crippen MR) is 58.2 cm³/mol. The van der Waals surface area contributed by atoms with Gasteiger partial charge in [-0.05, 0) is 24.1 Å². The zero-order chi connectivity index (χ0) is 11.4. The molecule has 0 fully saturated rings. The van der Waals surface area contributed by atoms with Gasteiger partial charge in [0.25, 0.3) is 0 Å². The number of hydrogen-bond acceptors (Lipinski definition) is 2. The molecule has 3 nitrogen and oxygen atoms in total. The predicted octanol–water partition coefficient (Wildman–Crippen LogP) is 2.15. The second kappa shape index (κ2) is 4.90. The van der Waals surface area contributed by atoms with Crippen molar-refractivity contribution >= 4 is 0 Å². The second-order valence-electron chi connectivity index (χ2n) is 3.66. The number of benzene rings is 1. The van der Waals surface area contributed by atoms with Crippen molar-refractivity contribution in [3.63, 3.8) is 0 Å². The maximum absolute atomic E-state index is 12.7. The Bertz CT molecular complexity index is 425. The van der Waals surface area contributed by atoms with E-state index in [1.807, 2.05) is 10.8 Å². The highest BCUT2D eigenvalue weighted by Gasteiger charge is 2.07. The van der Waals surface area contributed by atoms with E-state index in [0.717, 1.165) is 5.56 Å². The SMILES string of the molecule is OC(CCn1ccnc1)c1ccc(F)cc1. The molecule has 1 N–H and O–H groups in total. The topological polar surface area (TPSA) is 38.0 Å². The number of nitrogens with zero attached hydrogens (tertiary/aromatic N) is 2. The van der Waals surface area contributed by atoms with E-state index >= 15 is 0 Å². The Labute approximate surface area is 93.2 Å². The minimum atomic E-state index is -0.567. The van der Waals surface area contributed by atoms with Crippen LogP contribution in [0.3, 0.4) is 0 Å². The van der Waals surface area contributed by atoms with Crippen LogP contribution in [0.1, 0.15) is 18.1 Å². The number of aromatic nitrogens is 2. The lowest BCUT2D eigenvalue weighted by Crippen LogP contribution is -2.03. The lowest BCUT2D eigenvalue weighted by molar-refractivity contribution is 0.161. The Morgan fingerprint density at radius 1 is 1.31 bits per heavy atom. The fourth-order valence-electron chi connectivity index (χ4n) is 1.54. The van der Waals surface area contributed by atoms with Gasteiger partial charge in [-0.2, -0.15) is 0 Å². The highest BCUT2D eigenvalue weighted by molar-refractivity contribution is 5.18. The van der Waals surface area contributed by atoms with E-state index < -0.39 is 6.10 Å². The molecule has 2 aromatic rings. The lowest BCUT2D eigenvalue weighted by Gasteiger charge is -2.11. The van der Waals surface area contributed by atoms with Gasteiger partial charge in [-0.25, -0.2) is 9.37 Å². The van der Waals surface area contributed by atoms with Gasteiger partial charge in [-0.15, -0.1) is 0 Å². The first kappa shape index (κ1) is 10.8. The van der Waals surface area contributed by atoms with E-state index in [4.69, 9.17) is 0 Å². The first-order valence-electron chi connectivity index (χ1n) is 5.15. The number of aliphatic hydroxyl groups excluding tert-OH is 1. The molecule has 84 valence electrons. The number of aliphatic hydroxyl groups is 1. The molecular weight excluding hydrogens is 207 g/mol. The van der Waals surface area contributed by atoms with Crippen molar-refractivity contribution in [2.24, 2.45) is 0 Å². The average Bonchev–Trinajstić information content (AvgIpc) is 2.80. The summed E-state index contributed by atoms with van der Waals surface area (Å²) in [7, 11) is 0. The molecule has 0 radical (unpaired) electrons. The monoisotopic (exact) mass is 220 g/mol. The molecule has 0 aliphatic rings. The molecule has 0 bridgehead atoms. The van der Waals surface area contributed by atoms with Crippen molar-refractivity contribution in [1.29, 1.82) is 0 Å². The Balaban J connectivity index is 1.93. The number of aryl methyl sites for hydroxylation is 1. The zero-order valence-electron chi connectivity index (χ0n) is 8.75. The molecule has 2 rings (SSSR count). The van der Waals surface area contributed by atoms with E-state index in [1.165, 1.54) is 12.1 Å². The van der Waals surface area contributed by atoms with Gasteiger partial charge in [0, 0.05) is 18.9 Å². The highest BCUT2D eigenvalue weighted by atomic mass is 19.1. The zero-order valence-corrected chi connectivity index (χ0v) is 8.75. The number of halogens is 1. The maximum Gasteiger partial charge on any atom is 0.123 e. The fraction of sp³-hybridized carbons (Fsp3) is 0.250. The minimum absolute atomic E-state index is 0.287. The molecule has 16 heavy (non-hydrogen) atoms. The molecule has 0 saturated carbocycles. The van der Waals surface area contributed by atoms with Crippen LogP contribution in [0.4, 0.5) is 4.39 Å². The van der Waals surface area contributed by atoms with Crippen LogP contribution in [0.25, 0.3) is 0 Å². The summed E-state index contributed by atoms with van der Waals surface area (Å²) in [5, 5.41) is 9.85. The number of rotatable bonds is 4. The van der Waals surface area contributed by atoms with Crippen molar-refractivity contribution in [3.05, 3.63) is 54.4 Å². The van der Waals surface area contributed by atoms with Crippen molar-refractivity contribution in [1.82, 2.24) is 9.55 Å². The van der Waals surface area contributed by atoms with Gasteiger partial charge in [-0.3, -0.25) is 0 Å². The molecule has 0 aliphatic carbocycles. The van der Waals surface area contributed by atoms with E-state index in [1.54, 1.807) is 24.7 Å². The van der Waals surface area contributed by atoms with Gasteiger partial charge in [0.05, 0.1) is 12.4 Å². The van der Waals surface area contributed by atoms with E-state index in [-0.39, 0.29) is 5.82 Å². The molecule has 4 heteroatoms. The molecular formula is C12H13FN2O. The molecule has 1 aromatic carbocycles. The lowest BCUT2D eigenvalue weighted by atomic mass is 10.1. The average molecular weight is 220 g/mol. The maximum atomic E-state index is 12.7. The van der Waals surface area contributed by atoms with Gasteiger partial charge in [0.15, 0.2) is 0 Å². The van der Waals surface area contributed by atoms with Crippen LogP contribution in [0, 0.1) is 5.82 Å². The summed E-state index contributed by atoms with van der Waals surface area (Å²) in [5.41, 5.74) is 0.738. The molecule has 1 aromatic heterocycles. The first-order valence-corrected chi connectivity index (χ1v) is 5.15. The molecule has 0 spiro atoms. The molecule has 0 saturated heterocycles. The van der Waals surface area contributed by atoms with Crippen LogP contribution in [0.5, 0.6) is 0 Å². The van der Waals surface area contributed by atoms with E-state index in [0.29, 0.717) is 13.0 Å². The van der Waals surface area contributed by atoms with Crippen molar-refractivity contribution < 1.29 is 9.50 Å². The fourth-order valence-corrected chi connectivity index (χ4v) is 1.54. The Kier molecular flexibility index (Phi) is 3.31. The van der Waals surface area contributed by atoms with Crippen LogP contribution in [0.2, 0.25) is 0 Å². The Hall–Kier alpha value is -1.68. The normalized spacial score (nSPS) is 12.6. The van der Waals surface area contributed by atoms with Gasteiger partial charge in [0.1, 0.15) is 5.82 Å². The standard InChI is InChI=1S/C12H13FN2O/c13-11-3-1-10(2-4-11)12(16)5-7-15-8-6-14-9-15/h1-4,6,8-9,12,16H,5,7H2. The third kappa shape index (κ3) is 2.67. The summed E-state index contributed by atoms with van der Waals surface area (Å²) in [6, 6.07) is 5.92. The Morgan fingerprint density at radius 2 is 2.06 bits per heavy atom. The van der Waals surface area contributed by atoms with Gasteiger partial charge in [-0.1, -0.05) is 12.1 Å². The van der Waals surface area contributed by atoms with Crippen LogP contribution in [-0.4, -0.2) is 14.7 Å². The smallest absolute Gasteiger partial charge is 0.123 e. The summed E-state index contributed by atoms with van der Waals surface area (Å²) < 4.78 is 14.6. The first-order chi connectivity index (χ1) is 7.75. The van der Waals surface area contributed by atoms with Gasteiger partial charge < -0.3 is 9.67 Å². The van der Waals surface area contributed by atoms with Crippen LogP contribution < -0.4 is 0 Å². The third-order valence-electron chi connectivity index (χ3n) is 2.47. The highest BCUT2D eigenvalue weighted by Crippen LogP contribution is 2.17. The molecule has 1 unspecified atom stereocenters. The largest absolute Gasteiger partial charge is 0.388 e. The molecule has 1 atom stereocenters. The number of hydrogen-bond donors (Lipinski definition) is 1. The minimum Gasteiger partial charge on any atom is -0.388 e.